The average molecular weight is 969 g/mol. The van der Waals surface area contributed by atoms with Gasteiger partial charge in [0.25, 0.3) is 0 Å². The maximum atomic E-state index is 12.7. The Morgan fingerprint density at radius 1 is 0.492 bits per heavy atom. The number of hydrogen-bond acceptors (Lipinski definition) is 4. The van der Waals surface area contributed by atoms with Crippen LogP contribution in [-0.2, 0) is 0 Å². The molecule has 3 N–H and O–H groups in total. The Morgan fingerprint density at radius 2 is 0.923 bits per heavy atom. The maximum Gasteiger partial charge on any atom is 1.00 e. The van der Waals surface area contributed by atoms with E-state index in [1.54, 1.807) is 0 Å². The number of nitrogens with one attached hydrogen (secondary N) is 1. The zero-order valence-electron chi connectivity index (χ0n) is 45.0. The fraction of sp³-hybridized carbons (Fsp3) is 0.933. The molecule has 10 saturated carbocycles. The van der Waals surface area contributed by atoms with Gasteiger partial charge in [-0.25, -0.2) is 0 Å². The molecular weight excluding hydrogens is 868 g/mol. The van der Waals surface area contributed by atoms with Gasteiger partial charge in [-0.15, -0.1) is 6.61 Å². The molecule has 0 bridgehead atoms. The molecule has 20 atom stereocenters. The van der Waals surface area contributed by atoms with Crippen molar-refractivity contribution in [3.8, 4) is 0 Å². The van der Waals surface area contributed by atoms with E-state index in [2.05, 4.69) is 109 Å². The summed E-state index contributed by atoms with van der Waals surface area (Å²) in [5, 5.41) is 38.4. The van der Waals surface area contributed by atoms with Crippen molar-refractivity contribution in [2.45, 2.75) is 229 Å². The van der Waals surface area contributed by atoms with Crippen LogP contribution < -0.4 is 68.6 Å². The smallest absolute Gasteiger partial charge is 0.854 e. The summed E-state index contributed by atoms with van der Waals surface area (Å²) in [5.74, 6) is 6.89. The van der Waals surface area contributed by atoms with Gasteiger partial charge in [-0.1, -0.05) is 93.5 Å². The Hall–Kier alpha value is 1.13. The molecule has 0 aromatic rings. The van der Waals surface area contributed by atoms with Crippen molar-refractivity contribution in [2.24, 2.45) is 108 Å². The molecule has 0 amide bonds. The summed E-state index contributed by atoms with van der Waals surface area (Å²) >= 11 is 0. The van der Waals surface area contributed by atoms with Crippen LogP contribution in [0.5, 0.6) is 0 Å². The van der Waals surface area contributed by atoms with Crippen molar-refractivity contribution in [3.05, 3.63) is 24.3 Å². The van der Waals surface area contributed by atoms with Crippen molar-refractivity contribution in [1.82, 2.24) is 5.32 Å². The predicted molar refractivity (Wildman–Crippen MR) is 264 cm³/mol. The summed E-state index contributed by atoms with van der Waals surface area (Å²) < 4.78 is 0. The normalized spacial score (nSPS) is 55.6. The van der Waals surface area contributed by atoms with Crippen LogP contribution in [0.3, 0.4) is 0 Å². The molecule has 0 spiro atoms. The third kappa shape index (κ3) is 6.96. The number of aliphatic hydroxyl groups excluding tert-OH is 2. The zero-order valence-corrected chi connectivity index (χ0v) is 49.9. The van der Waals surface area contributed by atoms with Gasteiger partial charge >= 0.3 is 58.2 Å². The molecule has 364 valence electrons. The summed E-state index contributed by atoms with van der Waals surface area (Å²) in [5.41, 5.74) is 5.44. The summed E-state index contributed by atoms with van der Waals surface area (Å²) in [6.45, 7) is 39.0. The Bertz CT molecular complexity index is 1710. The number of rotatable bonds is 4. The van der Waals surface area contributed by atoms with Crippen molar-refractivity contribution in [3.63, 3.8) is 0 Å². The molecule has 0 aromatic carbocycles. The van der Waals surface area contributed by atoms with Crippen LogP contribution in [0.4, 0.5) is 0 Å². The van der Waals surface area contributed by atoms with Gasteiger partial charge in [-0.05, 0) is 257 Å². The van der Waals surface area contributed by atoms with Gasteiger partial charge in [0.2, 0.25) is 0 Å². The Labute approximate surface area is 449 Å². The summed E-state index contributed by atoms with van der Waals surface area (Å²) in [4.78, 5) is 0. The Morgan fingerprint density at radius 3 is 1.37 bits per heavy atom. The number of fused-ring (bicyclic) bond motifs is 14. The molecule has 10 fully saturated rings. The zero-order chi connectivity index (χ0) is 46.6. The standard InChI is InChI=1S/C30H51NO.C30H49O2.Rb/c1-19(2)20-11-16-30(31-8)18-17-28(6)21(25(20)30)9-10-23-27(5)14-13-24(32)26(3,4)22(27)12-15-29(23,28)7;1-19(2)20-10-15-30(18-31)17-16-28(6)21(25(20)30)8-9-23-27(5)13-12-24(32)26(3,4)22(27)11-14-29(23,28)7;/h20-25,31-32H,1,9-18H2,2-8H3;20-25,32H,1,8-18H2,2-7H3;/q;-1;+1/t20-,21?,22?,23?,24-,25?,27-,28+,29+,30-;20-,21?,22?,23?,24-,25?,27-,28+,29+,30+;/m00./s1. The largest absolute Gasteiger partial charge is 1.00 e. The first-order valence-electron chi connectivity index (χ1n) is 27.7. The van der Waals surface area contributed by atoms with Crippen molar-refractivity contribution in [2.75, 3.05) is 13.7 Å². The van der Waals surface area contributed by atoms with E-state index in [-0.39, 0.29) is 93.2 Å². The van der Waals surface area contributed by atoms with Gasteiger partial charge in [-0.2, -0.15) is 0 Å². The second kappa shape index (κ2) is 17.1. The minimum Gasteiger partial charge on any atom is -0.854 e. The van der Waals surface area contributed by atoms with Gasteiger partial charge in [-0.3, -0.25) is 0 Å². The third-order valence-corrected chi connectivity index (χ3v) is 27.1. The van der Waals surface area contributed by atoms with Gasteiger partial charge in [0.15, 0.2) is 0 Å². The Kier molecular flexibility index (Phi) is 13.8. The molecule has 10 rings (SSSR count). The molecule has 0 heterocycles. The molecule has 0 aromatic heterocycles. The Balaban J connectivity index is 0.000000175. The van der Waals surface area contributed by atoms with Crippen LogP contribution in [0.15, 0.2) is 24.3 Å². The van der Waals surface area contributed by atoms with Gasteiger partial charge in [0.1, 0.15) is 0 Å². The first-order chi connectivity index (χ1) is 29.7. The van der Waals surface area contributed by atoms with Gasteiger partial charge < -0.3 is 20.6 Å². The summed E-state index contributed by atoms with van der Waals surface area (Å²) in [6, 6.07) is 0. The van der Waals surface area contributed by atoms with E-state index in [1.807, 2.05) is 0 Å². The van der Waals surface area contributed by atoms with Crippen molar-refractivity contribution in [1.29, 1.82) is 0 Å². The predicted octanol–water partition coefficient (Wildman–Crippen LogP) is 10.3. The minimum atomic E-state index is -0.154. The molecule has 5 heteroatoms. The van der Waals surface area contributed by atoms with Crippen LogP contribution in [-0.4, -0.2) is 41.6 Å². The van der Waals surface area contributed by atoms with E-state index in [1.165, 1.54) is 114 Å². The fourth-order valence-electron chi connectivity index (χ4n) is 23.1. The number of hydrogen-bond donors (Lipinski definition) is 3. The second-order valence-corrected chi connectivity index (χ2v) is 29.0. The van der Waals surface area contributed by atoms with Crippen LogP contribution in [0.25, 0.3) is 0 Å². The van der Waals surface area contributed by atoms with E-state index >= 15 is 0 Å². The minimum absolute atomic E-state index is 0. The van der Waals surface area contributed by atoms with E-state index < -0.39 is 0 Å². The first-order valence-corrected chi connectivity index (χ1v) is 27.7. The third-order valence-electron chi connectivity index (χ3n) is 27.1. The SMILES string of the molecule is C=C(C)[C@@H]1CC[C@]2(C[O-])CC[C@]3(C)C(CCC4[C@@]5(C)CC[C@H](O)C(C)(C)C5CC[C@]43C)C12.C=C(C)[C@@H]1CC[C@]2(NC)CC[C@]3(C)C(CCC4[C@@]5(C)CC[C@H](O)C(C)(C)C5CC[C@]43C)C12.[Rb+]. The van der Waals surface area contributed by atoms with Crippen LogP contribution in [0.2, 0.25) is 0 Å². The molecule has 10 aliphatic carbocycles. The molecule has 65 heavy (non-hydrogen) atoms. The molecule has 4 nitrogen and oxygen atoms in total. The van der Waals surface area contributed by atoms with Crippen LogP contribution in [0.1, 0.15) is 212 Å². The first kappa shape index (κ1) is 52.4. The molecule has 0 aliphatic heterocycles. The van der Waals surface area contributed by atoms with E-state index in [4.69, 9.17) is 0 Å². The van der Waals surface area contributed by atoms with E-state index in [0.29, 0.717) is 73.5 Å². The number of aliphatic hydroxyl groups is 2. The van der Waals surface area contributed by atoms with Crippen LogP contribution in [0, 0.1) is 108 Å². The molecule has 10 aliphatic rings. The fourth-order valence-corrected chi connectivity index (χ4v) is 23.1. The van der Waals surface area contributed by atoms with E-state index in [9.17, 15) is 15.3 Å². The number of allylic oxidation sites excluding steroid dienone is 2. The summed E-state index contributed by atoms with van der Waals surface area (Å²) in [7, 11) is 2.24. The van der Waals surface area contributed by atoms with E-state index in [0.717, 1.165) is 49.4 Å². The van der Waals surface area contributed by atoms with Gasteiger partial charge in [0.05, 0.1) is 12.2 Å². The molecule has 0 radical (unpaired) electrons. The van der Waals surface area contributed by atoms with Gasteiger partial charge in [0, 0.05) is 5.54 Å². The quantitative estimate of drug-likeness (QED) is 0.246. The second-order valence-electron chi connectivity index (χ2n) is 29.0. The van der Waals surface area contributed by atoms with Crippen molar-refractivity contribution < 1.29 is 73.5 Å². The monoisotopic (exact) mass is 968 g/mol. The molecular formula is C60H100NO3Rb. The maximum absolute atomic E-state index is 12.7. The molecule has 0 saturated heterocycles. The topological polar surface area (TPSA) is 75.5 Å². The van der Waals surface area contributed by atoms with Crippen molar-refractivity contribution >= 4 is 0 Å². The van der Waals surface area contributed by atoms with Crippen LogP contribution >= 0.6 is 0 Å². The summed E-state index contributed by atoms with van der Waals surface area (Å²) in [6.07, 6.45) is 24.9. The average Bonchev–Trinajstić information content (AvgIpc) is 3.83. The molecule has 8 unspecified atom stereocenters.